The zero-order valence-electron chi connectivity index (χ0n) is 10.8. The van der Waals surface area contributed by atoms with E-state index in [9.17, 15) is 4.79 Å². The summed E-state index contributed by atoms with van der Waals surface area (Å²) in [7, 11) is 1.88. The van der Waals surface area contributed by atoms with Crippen LogP contribution in [-0.2, 0) is 6.54 Å². The van der Waals surface area contributed by atoms with Crippen LogP contribution in [0.25, 0.3) is 0 Å². The molecule has 4 N–H and O–H groups in total. The predicted octanol–water partition coefficient (Wildman–Crippen LogP) is 2.24. The van der Waals surface area contributed by atoms with Crippen molar-refractivity contribution in [3.63, 3.8) is 0 Å². The average Bonchev–Trinajstić information content (AvgIpc) is 2.40. The molecule has 98 valence electrons. The summed E-state index contributed by atoms with van der Waals surface area (Å²) in [6.07, 6.45) is 0. The second-order valence-corrected chi connectivity index (χ2v) is 4.27. The van der Waals surface area contributed by atoms with E-state index in [-0.39, 0.29) is 5.91 Å². The predicted molar refractivity (Wildman–Crippen MR) is 78.0 cm³/mol. The Morgan fingerprint density at radius 1 is 1.16 bits per heavy atom. The summed E-state index contributed by atoms with van der Waals surface area (Å²) in [4.78, 5) is 12.1. The number of nitrogens with one attached hydrogen (secondary N) is 2. The standard InChI is InChI=1S/C15H17N3O/c1-17-10-11-5-4-6-12(9-11)18-15(19)13-7-2-3-8-14(13)16/h2-9,17H,10,16H2,1H3,(H,18,19). The number of carbonyl (C=O) groups excluding carboxylic acids is 1. The number of amides is 1. The van der Waals surface area contributed by atoms with Crippen LogP contribution in [-0.4, -0.2) is 13.0 Å². The van der Waals surface area contributed by atoms with Crippen LogP contribution in [0.3, 0.4) is 0 Å². The molecular weight excluding hydrogens is 238 g/mol. The first kappa shape index (κ1) is 13.1. The Bertz CT molecular complexity index is 581. The minimum atomic E-state index is -0.195. The maximum absolute atomic E-state index is 12.1. The van der Waals surface area contributed by atoms with Gasteiger partial charge in [0.05, 0.1) is 5.56 Å². The zero-order chi connectivity index (χ0) is 13.7. The molecule has 0 aromatic heterocycles. The van der Waals surface area contributed by atoms with Gasteiger partial charge in [-0.05, 0) is 36.9 Å². The lowest BCUT2D eigenvalue weighted by Gasteiger charge is -2.08. The van der Waals surface area contributed by atoms with Crippen LogP contribution in [0, 0.1) is 0 Å². The van der Waals surface area contributed by atoms with Gasteiger partial charge in [0.15, 0.2) is 0 Å². The average molecular weight is 255 g/mol. The second-order valence-electron chi connectivity index (χ2n) is 4.27. The van der Waals surface area contributed by atoms with Crippen molar-refractivity contribution in [2.45, 2.75) is 6.54 Å². The van der Waals surface area contributed by atoms with E-state index in [1.807, 2.05) is 31.3 Å². The third-order valence-electron chi connectivity index (χ3n) is 2.77. The van der Waals surface area contributed by atoms with Crippen molar-refractivity contribution >= 4 is 17.3 Å². The molecule has 0 saturated carbocycles. The van der Waals surface area contributed by atoms with Crippen molar-refractivity contribution in [1.82, 2.24) is 5.32 Å². The number of nitrogen functional groups attached to an aromatic ring is 1. The molecule has 0 fully saturated rings. The van der Waals surface area contributed by atoms with Crippen LogP contribution in [0.15, 0.2) is 48.5 Å². The summed E-state index contributed by atoms with van der Waals surface area (Å²) in [5, 5.41) is 5.92. The van der Waals surface area contributed by atoms with Gasteiger partial charge in [0.25, 0.3) is 5.91 Å². The van der Waals surface area contributed by atoms with Crippen molar-refractivity contribution in [2.75, 3.05) is 18.1 Å². The first-order valence-electron chi connectivity index (χ1n) is 6.10. The number of anilines is 2. The van der Waals surface area contributed by atoms with E-state index in [1.54, 1.807) is 24.3 Å². The summed E-state index contributed by atoms with van der Waals surface area (Å²) in [5.74, 6) is -0.195. The fourth-order valence-corrected chi connectivity index (χ4v) is 1.87. The summed E-state index contributed by atoms with van der Waals surface area (Å²) in [6.45, 7) is 0.761. The van der Waals surface area contributed by atoms with Gasteiger partial charge in [-0.3, -0.25) is 4.79 Å². The van der Waals surface area contributed by atoms with Crippen LogP contribution in [0.5, 0.6) is 0 Å². The third-order valence-corrected chi connectivity index (χ3v) is 2.77. The smallest absolute Gasteiger partial charge is 0.257 e. The lowest BCUT2D eigenvalue weighted by atomic mass is 10.1. The van der Waals surface area contributed by atoms with Gasteiger partial charge < -0.3 is 16.4 Å². The van der Waals surface area contributed by atoms with Gasteiger partial charge in [-0.1, -0.05) is 24.3 Å². The number of rotatable bonds is 4. The van der Waals surface area contributed by atoms with Crippen LogP contribution in [0.2, 0.25) is 0 Å². The topological polar surface area (TPSA) is 67.1 Å². The Morgan fingerprint density at radius 2 is 1.95 bits per heavy atom. The molecule has 4 nitrogen and oxygen atoms in total. The minimum absolute atomic E-state index is 0.195. The first-order valence-corrected chi connectivity index (χ1v) is 6.10. The van der Waals surface area contributed by atoms with E-state index < -0.39 is 0 Å². The monoisotopic (exact) mass is 255 g/mol. The van der Waals surface area contributed by atoms with E-state index in [0.29, 0.717) is 11.3 Å². The first-order chi connectivity index (χ1) is 9.20. The van der Waals surface area contributed by atoms with Gasteiger partial charge in [-0.25, -0.2) is 0 Å². The molecule has 0 aliphatic rings. The highest BCUT2D eigenvalue weighted by molar-refractivity contribution is 6.07. The number of nitrogens with two attached hydrogens (primary N) is 1. The van der Waals surface area contributed by atoms with E-state index in [0.717, 1.165) is 17.8 Å². The molecule has 0 spiro atoms. The lowest BCUT2D eigenvalue weighted by Crippen LogP contribution is -2.14. The normalized spacial score (nSPS) is 10.2. The highest BCUT2D eigenvalue weighted by Crippen LogP contribution is 2.15. The Kier molecular flexibility index (Phi) is 4.15. The molecule has 0 unspecified atom stereocenters. The summed E-state index contributed by atoms with van der Waals surface area (Å²) >= 11 is 0. The number of hydrogen-bond acceptors (Lipinski definition) is 3. The Morgan fingerprint density at radius 3 is 2.68 bits per heavy atom. The quantitative estimate of drug-likeness (QED) is 0.734. The van der Waals surface area contributed by atoms with E-state index >= 15 is 0 Å². The van der Waals surface area contributed by atoms with Crippen LogP contribution >= 0.6 is 0 Å². The number of benzene rings is 2. The van der Waals surface area contributed by atoms with Crippen LogP contribution < -0.4 is 16.4 Å². The van der Waals surface area contributed by atoms with Gasteiger partial charge >= 0.3 is 0 Å². The molecule has 2 rings (SSSR count). The molecule has 19 heavy (non-hydrogen) atoms. The molecular formula is C15H17N3O. The molecule has 0 atom stereocenters. The van der Waals surface area contributed by atoms with Crippen molar-refractivity contribution in [3.05, 3.63) is 59.7 Å². The summed E-state index contributed by atoms with van der Waals surface area (Å²) in [5.41, 5.74) is 8.62. The number of hydrogen-bond donors (Lipinski definition) is 3. The molecule has 0 heterocycles. The zero-order valence-corrected chi connectivity index (χ0v) is 10.8. The molecule has 1 amide bonds. The maximum Gasteiger partial charge on any atom is 0.257 e. The van der Waals surface area contributed by atoms with Crippen LogP contribution in [0.1, 0.15) is 15.9 Å². The fraction of sp³-hybridized carbons (Fsp3) is 0.133. The summed E-state index contributed by atoms with van der Waals surface area (Å²) in [6, 6.07) is 14.7. The van der Waals surface area contributed by atoms with Crippen molar-refractivity contribution in [3.8, 4) is 0 Å². The Hall–Kier alpha value is -2.33. The SMILES string of the molecule is CNCc1cccc(NC(=O)c2ccccc2N)c1. The molecule has 0 aliphatic heterocycles. The largest absolute Gasteiger partial charge is 0.398 e. The molecule has 0 bridgehead atoms. The highest BCUT2D eigenvalue weighted by atomic mass is 16.1. The molecule has 2 aromatic rings. The van der Waals surface area contributed by atoms with Gasteiger partial charge in [-0.15, -0.1) is 0 Å². The Balaban J connectivity index is 2.15. The van der Waals surface area contributed by atoms with E-state index in [4.69, 9.17) is 5.73 Å². The van der Waals surface area contributed by atoms with Gasteiger partial charge in [0.2, 0.25) is 0 Å². The summed E-state index contributed by atoms with van der Waals surface area (Å²) < 4.78 is 0. The molecule has 2 aromatic carbocycles. The lowest BCUT2D eigenvalue weighted by molar-refractivity contribution is 0.102. The van der Waals surface area contributed by atoms with Gasteiger partial charge in [0.1, 0.15) is 0 Å². The highest BCUT2D eigenvalue weighted by Gasteiger charge is 2.09. The van der Waals surface area contributed by atoms with Crippen molar-refractivity contribution in [1.29, 1.82) is 0 Å². The molecule has 0 saturated heterocycles. The van der Waals surface area contributed by atoms with Crippen LogP contribution in [0.4, 0.5) is 11.4 Å². The second kappa shape index (κ2) is 6.02. The van der Waals surface area contributed by atoms with Crippen molar-refractivity contribution in [2.24, 2.45) is 0 Å². The van der Waals surface area contributed by atoms with Crippen molar-refractivity contribution < 1.29 is 4.79 Å². The number of carbonyl (C=O) groups is 1. The molecule has 0 radical (unpaired) electrons. The van der Waals surface area contributed by atoms with Gasteiger partial charge in [-0.2, -0.15) is 0 Å². The number of para-hydroxylation sites is 1. The fourth-order valence-electron chi connectivity index (χ4n) is 1.87. The Labute approximate surface area is 112 Å². The van der Waals surface area contributed by atoms with Gasteiger partial charge in [0, 0.05) is 17.9 Å². The minimum Gasteiger partial charge on any atom is -0.398 e. The molecule has 0 aliphatic carbocycles. The molecule has 4 heteroatoms. The third kappa shape index (κ3) is 3.33. The van der Waals surface area contributed by atoms with E-state index in [2.05, 4.69) is 10.6 Å². The van der Waals surface area contributed by atoms with E-state index in [1.165, 1.54) is 0 Å². The maximum atomic E-state index is 12.1.